The summed E-state index contributed by atoms with van der Waals surface area (Å²) in [6, 6.07) is 7.20. The van der Waals surface area contributed by atoms with Crippen LogP contribution in [0.5, 0.6) is 0 Å². The average molecular weight is 217 g/mol. The van der Waals surface area contributed by atoms with E-state index in [0.29, 0.717) is 0 Å². The number of rotatable bonds is 3. The van der Waals surface area contributed by atoms with Crippen molar-refractivity contribution in [2.45, 2.75) is 4.90 Å². The van der Waals surface area contributed by atoms with Crippen LogP contribution in [-0.2, 0) is 14.4 Å². The van der Waals surface area contributed by atoms with Crippen molar-refractivity contribution in [1.29, 1.82) is 0 Å². The van der Waals surface area contributed by atoms with Gasteiger partial charge < -0.3 is 5.11 Å². The van der Waals surface area contributed by atoms with E-state index in [1.807, 2.05) is 0 Å². The maximum Gasteiger partial charge on any atom is 0.429 e. The number of amides is 1. The molecule has 1 rings (SSSR count). The summed E-state index contributed by atoms with van der Waals surface area (Å²) in [5.41, 5.74) is 1.31. The largest absolute Gasteiger partial charge is 0.464 e. The molecule has 76 valence electrons. The number of hydroxylamine groups is 1. The molecule has 0 aliphatic carbocycles. The van der Waals surface area contributed by atoms with Crippen LogP contribution in [-0.4, -0.2) is 19.6 Å². The summed E-state index contributed by atoms with van der Waals surface area (Å²) in [5.74, 6) is 0. The fourth-order valence-corrected chi connectivity index (χ4v) is 1.49. The van der Waals surface area contributed by atoms with Gasteiger partial charge in [-0.1, -0.05) is 18.2 Å². The first kappa shape index (κ1) is 10.5. The van der Waals surface area contributed by atoms with E-state index < -0.39 is 16.2 Å². The Balaban J connectivity index is 2.82. The zero-order chi connectivity index (χ0) is 10.6. The predicted molar refractivity (Wildman–Crippen MR) is 45.9 cm³/mol. The van der Waals surface area contributed by atoms with Crippen molar-refractivity contribution in [1.82, 2.24) is 5.48 Å². The Morgan fingerprint density at radius 2 is 1.86 bits per heavy atom. The molecule has 6 nitrogen and oxygen atoms in total. The number of carbonyl (C=O) groups is 1. The molecule has 0 fully saturated rings. The van der Waals surface area contributed by atoms with E-state index in [4.69, 9.17) is 5.11 Å². The molecule has 7 heteroatoms. The van der Waals surface area contributed by atoms with Gasteiger partial charge in [-0.25, -0.2) is 4.79 Å². The Labute approximate surface area is 80.2 Å². The average Bonchev–Trinajstić information content (AvgIpc) is 2.16. The predicted octanol–water partition coefficient (Wildman–Crippen LogP) is 0.575. The minimum atomic E-state index is -4.05. The van der Waals surface area contributed by atoms with Crippen LogP contribution in [0.4, 0.5) is 4.79 Å². The lowest BCUT2D eigenvalue weighted by Crippen LogP contribution is -2.25. The molecule has 14 heavy (non-hydrogen) atoms. The van der Waals surface area contributed by atoms with Crippen LogP contribution in [0.3, 0.4) is 0 Å². The molecular weight excluding hydrogens is 210 g/mol. The summed E-state index contributed by atoms with van der Waals surface area (Å²) in [7, 11) is -4.05. The van der Waals surface area contributed by atoms with Crippen LogP contribution in [0.25, 0.3) is 0 Å². The molecule has 0 aromatic heterocycles. The summed E-state index contributed by atoms with van der Waals surface area (Å²) >= 11 is 0. The van der Waals surface area contributed by atoms with Gasteiger partial charge in [0.05, 0.1) is 4.90 Å². The van der Waals surface area contributed by atoms with Crippen LogP contribution in [0, 0.1) is 0 Å². The van der Waals surface area contributed by atoms with Gasteiger partial charge in [0.1, 0.15) is 0 Å². The lowest BCUT2D eigenvalue weighted by Gasteiger charge is -2.02. The highest BCUT2D eigenvalue weighted by Gasteiger charge is 2.15. The number of hydrogen-bond acceptors (Lipinski definition) is 4. The number of nitrogens with one attached hydrogen (secondary N) is 1. The van der Waals surface area contributed by atoms with E-state index >= 15 is 0 Å². The van der Waals surface area contributed by atoms with Crippen LogP contribution in [0.2, 0.25) is 0 Å². The van der Waals surface area contributed by atoms with E-state index in [9.17, 15) is 13.2 Å². The Bertz CT molecular complexity index is 413. The van der Waals surface area contributed by atoms with Crippen LogP contribution in [0.15, 0.2) is 35.2 Å². The van der Waals surface area contributed by atoms with Crippen molar-refractivity contribution in [3.8, 4) is 0 Å². The van der Waals surface area contributed by atoms with Gasteiger partial charge in [-0.05, 0) is 12.1 Å². The minimum Gasteiger partial charge on any atom is -0.464 e. The van der Waals surface area contributed by atoms with Gasteiger partial charge in [-0.3, -0.25) is 0 Å². The van der Waals surface area contributed by atoms with Crippen molar-refractivity contribution >= 4 is 16.2 Å². The quantitative estimate of drug-likeness (QED) is 0.722. The Hall–Kier alpha value is -1.60. The molecule has 2 N–H and O–H groups in total. The molecule has 0 saturated heterocycles. The third-order valence-corrected chi connectivity index (χ3v) is 2.42. The van der Waals surface area contributed by atoms with Crippen molar-refractivity contribution in [3.63, 3.8) is 0 Å². The molecular formula is C7H7NO5S. The van der Waals surface area contributed by atoms with Crippen molar-refractivity contribution in [2.24, 2.45) is 0 Å². The second-order valence-corrected chi connectivity index (χ2v) is 3.80. The Morgan fingerprint density at radius 3 is 2.36 bits per heavy atom. The second kappa shape index (κ2) is 4.07. The van der Waals surface area contributed by atoms with Crippen molar-refractivity contribution < 1.29 is 22.6 Å². The zero-order valence-corrected chi connectivity index (χ0v) is 7.69. The first-order chi connectivity index (χ1) is 6.52. The summed E-state index contributed by atoms with van der Waals surface area (Å²) < 4.78 is 26.4. The highest BCUT2D eigenvalue weighted by Crippen LogP contribution is 2.09. The third-order valence-electron chi connectivity index (χ3n) is 1.27. The minimum absolute atomic E-state index is 0.117. The van der Waals surface area contributed by atoms with Crippen LogP contribution in [0.1, 0.15) is 0 Å². The third kappa shape index (κ3) is 2.71. The fourth-order valence-electron chi connectivity index (χ4n) is 0.726. The van der Waals surface area contributed by atoms with E-state index in [0.717, 1.165) is 0 Å². The molecule has 0 radical (unpaired) electrons. The maximum absolute atomic E-state index is 11.2. The van der Waals surface area contributed by atoms with Gasteiger partial charge in [0, 0.05) is 0 Å². The maximum atomic E-state index is 11.2. The van der Waals surface area contributed by atoms with Gasteiger partial charge in [0.25, 0.3) is 0 Å². The van der Waals surface area contributed by atoms with Gasteiger partial charge in [-0.2, -0.15) is 13.9 Å². The topological polar surface area (TPSA) is 92.7 Å². The highest BCUT2D eigenvalue weighted by molar-refractivity contribution is 7.86. The number of hydrogen-bond donors (Lipinski definition) is 2. The highest BCUT2D eigenvalue weighted by atomic mass is 32.2. The van der Waals surface area contributed by atoms with E-state index in [2.05, 4.69) is 4.28 Å². The molecule has 1 amide bonds. The van der Waals surface area contributed by atoms with Gasteiger partial charge in [-0.15, -0.1) is 4.28 Å². The van der Waals surface area contributed by atoms with Crippen LogP contribution < -0.4 is 5.48 Å². The van der Waals surface area contributed by atoms with Crippen LogP contribution >= 0.6 is 0 Å². The molecule has 0 unspecified atom stereocenters. The van der Waals surface area contributed by atoms with Crippen molar-refractivity contribution in [3.05, 3.63) is 30.3 Å². The smallest absolute Gasteiger partial charge is 0.429 e. The van der Waals surface area contributed by atoms with Gasteiger partial charge in [0.15, 0.2) is 0 Å². The van der Waals surface area contributed by atoms with E-state index in [1.54, 1.807) is 6.07 Å². The molecule has 1 aromatic carbocycles. The van der Waals surface area contributed by atoms with Gasteiger partial charge in [0.2, 0.25) is 0 Å². The lowest BCUT2D eigenvalue weighted by atomic mass is 10.4. The van der Waals surface area contributed by atoms with E-state index in [-0.39, 0.29) is 4.90 Å². The molecule has 0 heterocycles. The Morgan fingerprint density at radius 1 is 1.29 bits per heavy atom. The summed E-state index contributed by atoms with van der Waals surface area (Å²) in [6.45, 7) is 0. The molecule has 0 atom stereocenters. The molecule has 0 aliphatic rings. The molecule has 1 aromatic rings. The van der Waals surface area contributed by atoms with E-state index in [1.165, 1.54) is 29.7 Å². The first-order valence-corrected chi connectivity index (χ1v) is 4.90. The molecule has 0 spiro atoms. The Kier molecular flexibility index (Phi) is 3.05. The summed E-state index contributed by atoms with van der Waals surface area (Å²) in [6.07, 6.45) is -1.58. The van der Waals surface area contributed by atoms with Crippen molar-refractivity contribution in [2.75, 3.05) is 0 Å². The fraction of sp³-hybridized carbons (Fsp3) is 0. The lowest BCUT2D eigenvalue weighted by molar-refractivity contribution is 0.139. The first-order valence-electron chi connectivity index (χ1n) is 3.50. The summed E-state index contributed by atoms with van der Waals surface area (Å²) in [5, 5.41) is 8.12. The molecule has 0 bridgehead atoms. The summed E-state index contributed by atoms with van der Waals surface area (Å²) in [4.78, 5) is 9.86. The number of carboxylic acid groups (broad SMARTS) is 1. The number of benzene rings is 1. The van der Waals surface area contributed by atoms with Gasteiger partial charge >= 0.3 is 16.2 Å². The molecule has 0 aliphatic heterocycles. The monoisotopic (exact) mass is 217 g/mol. The SMILES string of the molecule is O=C(O)NOS(=O)(=O)c1ccccc1. The standard InChI is InChI=1S/C7H7NO5S/c9-7(10)8-13-14(11,12)6-4-2-1-3-5-6/h1-5,8H,(H,9,10). The second-order valence-electron chi connectivity index (χ2n) is 2.26. The normalized spacial score (nSPS) is 10.9. The zero-order valence-electron chi connectivity index (χ0n) is 6.88. The molecule has 0 saturated carbocycles.